The van der Waals surface area contributed by atoms with Gasteiger partial charge in [-0.25, -0.2) is 4.99 Å². The zero-order chi connectivity index (χ0) is 17.9. The molecule has 0 aromatic heterocycles. The van der Waals surface area contributed by atoms with Gasteiger partial charge in [0.15, 0.2) is 0 Å². The second-order valence-corrected chi connectivity index (χ2v) is 6.50. The van der Waals surface area contributed by atoms with Crippen LogP contribution < -0.4 is 5.32 Å². The van der Waals surface area contributed by atoms with Gasteiger partial charge in [0, 0.05) is 24.0 Å². The second kappa shape index (κ2) is 6.96. The monoisotopic (exact) mass is 339 g/mol. The Labute approximate surface area is 154 Å². The molecular formula is C23H21N3. The van der Waals surface area contributed by atoms with Gasteiger partial charge >= 0.3 is 0 Å². The van der Waals surface area contributed by atoms with E-state index in [1.54, 1.807) is 0 Å². The minimum Gasteiger partial charge on any atom is -0.342 e. The summed E-state index contributed by atoms with van der Waals surface area (Å²) >= 11 is 0. The number of aliphatic imine (C=N–C) groups is 2. The molecule has 128 valence electrons. The predicted octanol–water partition coefficient (Wildman–Crippen LogP) is 5.18. The van der Waals surface area contributed by atoms with Crippen molar-refractivity contribution in [1.29, 1.82) is 0 Å². The first-order valence-corrected chi connectivity index (χ1v) is 8.80. The summed E-state index contributed by atoms with van der Waals surface area (Å²) in [6.07, 6.45) is 9.84. The summed E-state index contributed by atoms with van der Waals surface area (Å²) in [5, 5.41) is 3.52. The molecule has 0 aliphatic carbocycles. The van der Waals surface area contributed by atoms with Crippen LogP contribution >= 0.6 is 0 Å². The molecule has 0 radical (unpaired) electrons. The van der Waals surface area contributed by atoms with E-state index in [0.717, 1.165) is 17.1 Å². The molecule has 0 saturated carbocycles. The summed E-state index contributed by atoms with van der Waals surface area (Å²) in [7, 11) is 0. The SMILES string of the molecule is C=CC1=CC2C=CN=C(Nc3cccc(-c4ccccc4)c3C)C2N=C1. The highest BCUT2D eigenvalue weighted by molar-refractivity contribution is 6.04. The number of anilines is 1. The molecule has 2 aliphatic rings. The number of hydrogen-bond donors (Lipinski definition) is 1. The van der Waals surface area contributed by atoms with Crippen LogP contribution in [-0.4, -0.2) is 18.1 Å². The maximum absolute atomic E-state index is 4.68. The quantitative estimate of drug-likeness (QED) is 0.822. The van der Waals surface area contributed by atoms with E-state index in [1.807, 2.05) is 24.6 Å². The molecule has 2 unspecified atom stereocenters. The lowest BCUT2D eigenvalue weighted by Gasteiger charge is -2.27. The molecular weight excluding hydrogens is 318 g/mol. The Balaban J connectivity index is 1.63. The molecule has 3 heteroatoms. The highest BCUT2D eigenvalue weighted by atomic mass is 15.1. The van der Waals surface area contributed by atoms with Crippen molar-refractivity contribution in [3.8, 4) is 11.1 Å². The molecule has 3 nitrogen and oxygen atoms in total. The van der Waals surface area contributed by atoms with Gasteiger partial charge in [-0.05, 0) is 35.3 Å². The number of allylic oxidation sites excluding steroid dienone is 2. The number of hydrogen-bond acceptors (Lipinski definition) is 3. The summed E-state index contributed by atoms with van der Waals surface area (Å²) in [5.41, 5.74) is 5.76. The van der Waals surface area contributed by atoms with Crippen molar-refractivity contribution in [2.75, 3.05) is 5.32 Å². The second-order valence-electron chi connectivity index (χ2n) is 6.50. The zero-order valence-electron chi connectivity index (χ0n) is 14.8. The van der Waals surface area contributed by atoms with E-state index in [9.17, 15) is 0 Å². The number of nitrogens with zero attached hydrogens (tertiary/aromatic N) is 2. The number of fused-ring (bicyclic) bond motifs is 1. The Bertz CT molecular complexity index is 949. The van der Waals surface area contributed by atoms with Crippen molar-refractivity contribution >= 4 is 17.7 Å². The first kappa shape index (κ1) is 16.3. The molecule has 2 heterocycles. The zero-order valence-corrected chi connectivity index (χ0v) is 14.8. The molecule has 2 aliphatic heterocycles. The summed E-state index contributed by atoms with van der Waals surface area (Å²) in [6, 6.07) is 16.7. The standard InChI is InChI=1S/C23H21N3/c1-3-17-14-19-12-13-24-23(22(19)25-15-17)26-21-11-7-10-20(16(21)2)18-8-5-4-6-9-18/h3-15,19,22H,1H2,2H3,(H,24,26). The van der Waals surface area contributed by atoms with Crippen LogP contribution in [-0.2, 0) is 0 Å². The summed E-state index contributed by atoms with van der Waals surface area (Å²) < 4.78 is 0. The van der Waals surface area contributed by atoms with Crippen molar-refractivity contribution < 1.29 is 0 Å². The largest absolute Gasteiger partial charge is 0.342 e. The molecule has 26 heavy (non-hydrogen) atoms. The van der Waals surface area contributed by atoms with E-state index in [1.165, 1.54) is 16.7 Å². The smallest absolute Gasteiger partial charge is 0.132 e. The van der Waals surface area contributed by atoms with Crippen LogP contribution in [0, 0.1) is 12.8 Å². The Morgan fingerprint density at radius 1 is 1.08 bits per heavy atom. The van der Waals surface area contributed by atoms with E-state index in [4.69, 9.17) is 0 Å². The lowest BCUT2D eigenvalue weighted by molar-refractivity contribution is 0.705. The number of rotatable bonds is 3. The fourth-order valence-corrected chi connectivity index (χ4v) is 3.40. The van der Waals surface area contributed by atoms with Gasteiger partial charge in [0.25, 0.3) is 0 Å². The Morgan fingerprint density at radius 3 is 2.73 bits per heavy atom. The normalized spacial score (nSPS) is 20.8. The first-order valence-electron chi connectivity index (χ1n) is 8.80. The van der Waals surface area contributed by atoms with Gasteiger partial charge < -0.3 is 5.32 Å². The fraction of sp³-hybridized carbons (Fsp3) is 0.130. The predicted molar refractivity (Wildman–Crippen MR) is 111 cm³/mol. The van der Waals surface area contributed by atoms with Crippen molar-refractivity contribution in [3.63, 3.8) is 0 Å². The highest BCUT2D eigenvalue weighted by Crippen LogP contribution is 2.30. The van der Waals surface area contributed by atoms with Gasteiger partial charge in [-0.2, -0.15) is 0 Å². The van der Waals surface area contributed by atoms with Crippen LogP contribution in [0.4, 0.5) is 5.69 Å². The topological polar surface area (TPSA) is 36.8 Å². The Morgan fingerprint density at radius 2 is 1.92 bits per heavy atom. The van der Waals surface area contributed by atoms with E-state index < -0.39 is 0 Å². The molecule has 0 bridgehead atoms. The van der Waals surface area contributed by atoms with Gasteiger partial charge in [0.1, 0.15) is 11.9 Å². The molecule has 0 saturated heterocycles. The third kappa shape index (κ3) is 3.04. The summed E-state index contributed by atoms with van der Waals surface area (Å²) in [4.78, 5) is 9.24. The lowest BCUT2D eigenvalue weighted by Crippen LogP contribution is -2.35. The van der Waals surface area contributed by atoms with Crippen molar-refractivity contribution in [3.05, 3.63) is 90.7 Å². The van der Waals surface area contributed by atoms with Gasteiger partial charge in [0.05, 0.1) is 0 Å². The molecule has 0 spiro atoms. The van der Waals surface area contributed by atoms with Crippen LogP contribution in [0.25, 0.3) is 11.1 Å². The number of benzene rings is 2. The van der Waals surface area contributed by atoms with E-state index in [-0.39, 0.29) is 12.0 Å². The van der Waals surface area contributed by atoms with Crippen molar-refractivity contribution in [1.82, 2.24) is 0 Å². The van der Waals surface area contributed by atoms with E-state index >= 15 is 0 Å². The van der Waals surface area contributed by atoms with E-state index in [0.29, 0.717) is 0 Å². The molecule has 1 N–H and O–H groups in total. The van der Waals surface area contributed by atoms with Crippen molar-refractivity contribution in [2.24, 2.45) is 15.9 Å². The molecule has 2 aromatic rings. The third-order valence-corrected chi connectivity index (χ3v) is 4.85. The van der Waals surface area contributed by atoms with Gasteiger partial charge in [-0.3, -0.25) is 4.99 Å². The molecule has 0 fully saturated rings. The maximum Gasteiger partial charge on any atom is 0.132 e. The lowest BCUT2D eigenvalue weighted by atomic mass is 9.92. The van der Waals surface area contributed by atoms with Crippen LogP contribution in [0.5, 0.6) is 0 Å². The van der Waals surface area contributed by atoms with Crippen LogP contribution in [0.2, 0.25) is 0 Å². The summed E-state index contributed by atoms with van der Waals surface area (Å²) in [5.74, 6) is 1.09. The van der Waals surface area contributed by atoms with Crippen molar-refractivity contribution in [2.45, 2.75) is 13.0 Å². The van der Waals surface area contributed by atoms with Gasteiger partial charge in [0.2, 0.25) is 0 Å². The fourth-order valence-electron chi connectivity index (χ4n) is 3.40. The number of nitrogens with one attached hydrogen (secondary N) is 1. The molecule has 4 rings (SSSR count). The highest BCUT2D eigenvalue weighted by Gasteiger charge is 2.27. The molecule has 0 amide bonds. The Hall–Kier alpha value is -3.20. The average Bonchev–Trinajstić information content (AvgIpc) is 2.70. The van der Waals surface area contributed by atoms with Gasteiger partial charge in [-0.1, -0.05) is 67.3 Å². The average molecular weight is 339 g/mol. The first-order chi connectivity index (χ1) is 12.8. The van der Waals surface area contributed by atoms with Crippen LogP contribution in [0.3, 0.4) is 0 Å². The number of amidine groups is 1. The summed E-state index contributed by atoms with van der Waals surface area (Å²) in [6.45, 7) is 5.97. The van der Waals surface area contributed by atoms with Gasteiger partial charge in [-0.15, -0.1) is 0 Å². The Kier molecular flexibility index (Phi) is 4.36. The minimum atomic E-state index is -0.0107. The molecule has 2 aromatic carbocycles. The van der Waals surface area contributed by atoms with Crippen LogP contribution in [0.15, 0.2) is 95.1 Å². The minimum absolute atomic E-state index is 0.0107. The number of dihydropyridines is 1. The maximum atomic E-state index is 4.68. The van der Waals surface area contributed by atoms with Crippen LogP contribution in [0.1, 0.15) is 5.56 Å². The molecule has 2 atom stereocenters. The van der Waals surface area contributed by atoms with E-state index in [2.05, 4.69) is 83.4 Å². The third-order valence-electron chi connectivity index (χ3n) is 4.85.